The molecule has 94 valence electrons. The lowest BCUT2D eigenvalue weighted by molar-refractivity contribution is -0.130. The number of carbonyl (C=O) groups is 1. The lowest BCUT2D eigenvalue weighted by Gasteiger charge is -2.17. The number of carbonyl (C=O) groups excluding carboxylic acids is 1. The van der Waals surface area contributed by atoms with Crippen molar-refractivity contribution in [1.29, 1.82) is 0 Å². The van der Waals surface area contributed by atoms with Crippen LogP contribution in [0.25, 0.3) is 0 Å². The number of likely N-dealkylation sites (N-methyl/N-ethyl adjacent to an activating group) is 1. The third-order valence-electron chi connectivity index (χ3n) is 2.66. The summed E-state index contributed by atoms with van der Waals surface area (Å²) in [5.41, 5.74) is 9.01. The molecule has 0 saturated heterocycles. The Balaban J connectivity index is 2.74. The van der Waals surface area contributed by atoms with Gasteiger partial charge in [-0.2, -0.15) is 5.10 Å². The average Bonchev–Trinajstić information content (AvgIpc) is 2.45. The molecule has 0 spiro atoms. The molecule has 0 bridgehead atoms. The third kappa shape index (κ3) is 3.09. The number of hydrogen-bond donors (Lipinski definition) is 1. The smallest absolute Gasteiger partial charge is 0.244 e. The van der Waals surface area contributed by atoms with Gasteiger partial charge in [-0.25, -0.2) is 0 Å². The highest BCUT2D eigenvalue weighted by molar-refractivity contribution is 5.76. The molecule has 0 aliphatic heterocycles. The molecule has 1 aromatic heterocycles. The molecule has 0 aliphatic rings. The second-order valence-electron chi connectivity index (χ2n) is 4.45. The summed E-state index contributed by atoms with van der Waals surface area (Å²) in [6.07, 6.45) is 0. The number of anilines is 1. The van der Waals surface area contributed by atoms with Crippen LogP contribution < -0.4 is 5.73 Å². The van der Waals surface area contributed by atoms with Crippen LogP contribution in [0.1, 0.15) is 18.3 Å². The van der Waals surface area contributed by atoms with E-state index >= 15 is 0 Å². The standard InChI is InChI=1S/C12H20N4O/c1-8(2)6-15(5)11(17)7-16-10(4)12(13)9(3)14-16/h1,6-7,13H2,2-5H3. The van der Waals surface area contributed by atoms with Crippen molar-refractivity contribution in [3.8, 4) is 0 Å². The summed E-state index contributed by atoms with van der Waals surface area (Å²) in [5, 5.41) is 4.23. The Hall–Kier alpha value is -1.78. The minimum Gasteiger partial charge on any atom is -0.396 e. The molecule has 5 nitrogen and oxygen atoms in total. The third-order valence-corrected chi connectivity index (χ3v) is 2.66. The van der Waals surface area contributed by atoms with Crippen molar-refractivity contribution in [2.45, 2.75) is 27.3 Å². The number of nitrogen functional groups attached to an aromatic ring is 1. The molecule has 0 fully saturated rings. The molecule has 1 heterocycles. The second kappa shape index (κ2) is 5.03. The van der Waals surface area contributed by atoms with Crippen LogP contribution in [0, 0.1) is 13.8 Å². The van der Waals surface area contributed by atoms with Gasteiger partial charge in [0.1, 0.15) is 6.54 Å². The Morgan fingerprint density at radius 1 is 1.53 bits per heavy atom. The van der Waals surface area contributed by atoms with Gasteiger partial charge in [0.15, 0.2) is 0 Å². The van der Waals surface area contributed by atoms with E-state index in [1.165, 1.54) is 0 Å². The highest BCUT2D eigenvalue weighted by Crippen LogP contribution is 2.14. The van der Waals surface area contributed by atoms with Gasteiger partial charge in [-0.15, -0.1) is 0 Å². The van der Waals surface area contributed by atoms with Crippen LogP contribution in [0.5, 0.6) is 0 Å². The van der Waals surface area contributed by atoms with Gasteiger partial charge in [-0.1, -0.05) is 12.2 Å². The summed E-state index contributed by atoms with van der Waals surface area (Å²) in [7, 11) is 1.76. The number of aromatic nitrogens is 2. The molecule has 0 saturated carbocycles. The number of hydrogen-bond acceptors (Lipinski definition) is 3. The van der Waals surface area contributed by atoms with Crippen LogP contribution in [0.4, 0.5) is 5.69 Å². The predicted octanol–water partition coefficient (Wildman–Crippen LogP) is 1.12. The zero-order valence-electron chi connectivity index (χ0n) is 10.9. The van der Waals surface area contributed by atoms with Crippen molar-refractivity contribution in [1.82, 2.24) is 14.7 Å². The summed E-state index contributed by atoms with van der Waals surface area (Å²) in [5.74, 6) is -0.00130. The van der Waals surface area contributed by atoms with Crippen molar-refractivity contribution < 1.29 is 4.79 Å². The molecule has 0 atom stereocenters. The Bertz CT molecular complexity index is 448. The van der Waals surface area contributed by atoms with E-state index in [4.69, 9.17) is 5.73 Å². The summed E-state index contributed by atoms with van der Waals surface area (Å²) in [6, 6.07) is 0. The van der Waals surface area contributed by atoms with Crippen LogP contribution in [0.15, 0.2) is 12.2 Å². The Kier molecular flexibility index (Phi) is 3.93. The molecule has 5 heteroatoms. The summed E-state index contributed by atoms with van der Waals surface area (Å²) in [4.78, 5) is 13.5. The SMILES string of the molecule is C=C(C)CN(C)C(=O)Cn1nc(C)c(N)c1C. The Morgan fingerprint density at radius 2 is 2.12 bits per heavy atom. The minimum absolute atomic E-state index is 0.00130. The van der Waals surface area contributed by atoms with E-state index in [1.54, 1.807) is 16.6 Å². The summed E-state index contributed by atoms with van der Waals surface area (Å²) >= 11 is 0. The number of rotatable bonds is 4. The van der Waals surface area contributed by atoms with Gasteiger partial charge < -0.3 is 10.6 Å². The fourth-order valence-electron chi connectivity index (χ4n) is 1.61. The van der Waals surface area contributed by atoms with Crippen LogP contribution in [-0.2, 0) is 11.3 Å². The molecular weight excluding hydrogens is 216 g/mol. The number of amides is 1. The van der Waals surface area contributed by atoms with Crippen LogP contribution in [-0.4, -0.2) is 34.2 Å². The average molecular weight is 236 g/mol. The van der Waals surface area contributed by atoms with E-state index in [2.05, 4.69) is 11.7 Å². The van der Waals surface area contributed by atoms with Gasteiger partial charge in [0.05, 0.1) is 17.1 Å². The molecule has 1 amide bonds. The van der Waals surface area contributed by atoms with E-state index in [9.17, 15) is 4.79 Å². The zero-order valence-corrected chi connectivity index (χ0v) is 10.9. The molecule has 0 aliphatic carbocycles. The maximum Gasteiger partial charge on any atom is 0.244 e. The highest BCUT2D eigenvalue weighted by atomic mass is 16.2. The fourth-order valence-corrected chi connectivity index (χ4v) is 1.61. The van der Waals surface area contributed by atoms with Crippen LogP contribution in [0.3, 0.4) is 0 Å². The first-order valence-electron chi connectivity index (χ1n) is 5.50. The van der Waals surface area contributed by atoms with E-state index in [0.717, 1.165) is 17.0 Å². The molecule has 1 rings (SSSR count). The van der Waals surface area contributed by atoms with E-state index in [0.29, 0.717) is 12.2 Å². The monoisotopic (exact) mass is 236 g/mol. The maximum atomic E-state index is 11.9. The maximum absolute atomic E-state index is 11.9. The van der Waals surface area contributed by atoms with Crippen molar-refractivity contribution in [3.63, 3.8) is 0 Å². The topological polar surface area (TPSA) is 64.2 Å². The van der Waals surface area contributed by atoms with E-state index < -0.39 is 0 Å². The van der Waals surface area contributed by atoms with Crippen molar-refractivity contribution in [2.75, 3.05) is 19.3 Å². The summed E-state index contributed by atoms with van der Waals surface area (Å²) in [6.45, 7) is 10.2. The lowest BCUT2D eigenvalue weighted by Crippen LogP contribution is -2.32. The minimum atomic E-state index is -0.00130. The fraction of sp³-hybridized carbons (Fsp3) is 0.500. The van der Waals surface area contributed by atoms with E-state index in [-0.39, 0.29) is 12.5 Å². The number of nitrogens with two attached hydrogens (primary N) is 1. The number of nitrogens with zero attached hydrogens (tertiary/aromatic N) is 3. The molecule has 1 aromatic rings. The summed E-state index contributed by atoms with van der Waals surface area (Å²) < 4.78 is 1.64. The van der Waals surface area contributed by atoms with Gasteiger partial charge in [0.2, 0.25) is 5.91 Å². The van der Waals surface area contributed by atoms with Crippen molar-refractivity contribution in [2.24, 2.45) is 0 Å². The van der Waals surface area contributed by atoms with Gasteiger partial charge in [0.25, 0.3) is 0 Å². The van der Waals surface area contributed by atoms with Gasteiger partial charge in [-0.3, -0.25) is 9.48 Å². The van der Waals surface area contributed by atoms with Crippen LogP contribution >= 0.6 is 0 Å². The van der Waals surface area contributed by atoms with Gasteiger partial charge in [0, 0.05) is 13.6 Å². The van der Waals surface area contributed by atoms with E-state index in [1.807, 2.05) is 20.8 Å². The van der Waals surface area contributed by atoms with Crippen molar-refractivity contribution in [3.05, 3.63) is 23.5 Å². The predicted molar refractivity (Wildman–Crippen MR) is 68.6 cm³/mol. The second-order valence-corrected chi connectivity index (χ2v) is 4.45. The van der Waals surface area contributed by atoms with Crippen molar-refractivity contribution >= 4 is 11.6 Å². The van der Waals surface area contributed by atoms with Gasteiger partial charge >= 0.3 is 0 Å². The molecule has 0 aromatic carbocycles. The Morgan fingerprint density at radius 3 is 2.53 bits per heavy atom. The quantitative estimate of drug-likeness (QED) is 0.797. The molecular formula is C12H20N4O. The van der Waals surface area contributed by atoms with Gasteiger partial charge in [-0.05, 0) is 20.8 Å². The first-order valence-corrected chi connectivity index (χ1v) is 5.50. The Labute approximate surface area is 102 Å². The molecule has 17 heavy (non-hydrogen) atoms. The lowest BCUT2D eigenvalue weighted by atomic mass is 10.3. The normalized spacial score (nSPS) is 10.4. The number of aryl methyl sites for hydroxylation is 1. The largest absolute Gasteiger partial charge is 0.396 e. The zero-order chi connectivity index (χ0) is 13.2. The molecule has 0 unspecified atom stereocenters. The molecule has 2 N–H and O–H groups in total. The highest BCUT2D eigenvalue weighted by Gasteiger charge is 2.14. The first-order chi connectivity index (χ1) is 7.82. The first kappa shape index (κ1) is 13.3. The van der Waals surface area contributed by atoms with Crippen LogP contribution in [0.2, 0.25) is 0 Å². The molecule has 0 radical (unpaired) electrons.